The van der Waals surface area contributed by atoms with Crippen molar-refractivity contribution in [2.75, 3.05) is 6.61 Å². The summed E-state index contributed by atoms with van der Waals surface area (Å²) in [6.45, 7) is 3.55. The molecule has 0 saturated heterocycles. The summed E-state index contributed by atoms with van der Waals surface area (Å²) in [6.07, 6.45) is 1.48. The number of hydrogen-bond acceptors (Lipinski definition) is 5. The molecule has 0 unspecified atom stereocenters. The van der Waals surface area contributed by atoms with Crippen LogP contribution in [0.1, 0.15) is 19.5 Å². The van der Waals surface area contributed by atoms with Crippen LogP contribution in [0.4, 0.5) is 4.39 Å². The summed E-state index contributed by atoms with van der Waals surface area (Å²) in [5.41, 5.74) is 1.93. The highest BCUT2D eigenvalue weighted by Crippen LogP contribution is 2.36. The molecule has 0 amide bonds. The number of aliphatic hydroxyl groups excluding tert-OH is 1. The van der Waals surface area contributed by atoms with Crippen LogP contribution in [0, 0.1) is 5.82 Å². The molecule has 0 spiro atoms. The molecule has 0 aliphatic carbocycles. The minimum Gasteiger partial charge on any atom is -0.481 e. The van der Waals surface area contributed by atoms with Crippen molar-refractivity contribution in [3.8, 4) is 21.8 Å². The van der Waals surface area contributed by atoms with E-state index in [0.717, 1.165) is 5.56 Å². The molecule has 26 heavy (non-hydrogen) atoms. The van der Waals surface area contributed by atoms with Gasteiger partial charge in [-0.3, -0.25) is 9.48 Å². The lowest BCUT2D eigenvalue weighted by molar-refractivity contribution is -0.136. The van der Waals surface area contributed by atoms with Crippen LogP contribution in [0.25, 0.3) is 21.8 Å². The third-order valence-corrected chi connectivity index (χ3v) is 4.89. The van der Waals surface area contributed by atoms with Gasteiger partial charge in [-0.1, -0.05) is 0 Å². The molecule has 136 valence electrons. The summed E-state index contributed by atoms with van der Waals surface area (Å²) in [7, 11) is 0. The Morgan fingerprint density at radius 2 is 2.00 bits per heavy atom. The topological polar surface area (TPSA) is 88.2 Å². The second kappa shape index (κ2) is 6.97. The van der Waals surface area contributed by atoms with Gasteiger partial charge in [0, 0.05) is 10.9 Å². The van der Waals surface area contributed by atoms with Crippen LogP contribution in [0.5, 0.6) is 0 Å². The normalized spacial score (nSPS) is 11.7. The largest absolute Gasteiger partial charge is 0.481 e. The number of rotatable bonds is 6. The van der Waals surface area contributed by atoms with Gasteiger partial charge in [-0.15, -0.1) is 11.3 Å². The van der Waals surface area contributed by atoms with Crippen molar-refractivity contribution in [1.29, 1.82) is 0 Å². The number of carboxylic acids is 1. The van der Waals surface area contributed by atoms with Gasteiger partial charge in [0.15, 0.2) is 0 Å². The van der Waals surface area contributed by atoms with E-state index in [0.29, 0.717) is 22.0 Å². The first-order valence-electron chi connectivity index (χ1n) is 7.93. The van der Waals surface area contributed by atoms with Gasteiger partial charge >= 0.3 is 5.97 Å². The highest BCUT2D eigenvalue weighted by atomic mass is 32.1. The Bertz CT molecular complexity index is 932. The van der Waals surface area contributed by atoms with Crippen LogP contribution in [-0.4, -0.2) is 37.6 Å². The second-order valence-electron chi connectivity index (χ2n) is 6.51. The quantitative estimate of drug-likeness (QED) is 0.691. The molecule has 8 heteroatoms. The van der Waals surface area contributed by atoms with Crippen molar-refractivity contribution >= 4 is 17.3 Å². The fourth-order valence-electron chi connectivity index (χ4n) is 2.58. The predicted octanol–water partition coefficient (Wildman–Crippen LogP) is 3.17. The Balaban J connectivity index is 2.15. The van der Waals surface area contributed by atoms with Gasteiger partial charge in [-0.2, -0.15) is 5.10 Å². The number of halogens is 1. The van der Waals surface area contributed by atoms with Gasteiger partial charge in [-0.25, -0.2) is 9.37 Å². The molecule has 0 aliphatic heterocycles. The minimum atomic E-state index is -0.947. The van der Waals surface area contributed by atoms with E-state index in [4.69, 9.17) is 5.11 Å². The van der Waals surface area contributed by atoms with E-state index >= 15 is 0 Å². The van der Waals surface area contributed by atoms with Crippen molar-refractivity contribution in [3.63, 3.8) is 0 Å². The van der Waals surface area contributed by atoms with Gasteiger partial charge in [0.05, 0.1) is 41.7 Å². The molecule has 6 nitrogen and oxygen atoms in total. The Labute approximate surface area is 153 Å². The fraction of sp³-hybridized carbons (Fsp3) is 0.278. The molecule has 0 atom stereocenters. The minimum absolute atomic E-state index is 0.134. The van der Waals surface area contributed by atoms with E-state index in [9.17, 15) is 14.3 Å². The number of carboxylic acid groups (broad SMARTS) is 1. The molecule has 1 aromatic carbocycles. The SMILES string of the molecule is CC(C)(CO)n1ncc(-c2nc(CC(=O)O)cs2)c1-c1ccc(F)cc1. The molecule has 3 rings (SSSR count). The first-order valence-corrected chi connectivity index (χ1v) is 8.81. The maximum atomic E-state index is 13.3. The lowest BCUT2D eigenvalue weighted by Crippen LogP contribution is -2.32. The Hall–Kier alpha value is -2.58. The van der Waals surface area contributed by atoms with Crippen LogP contribution in [0.2, 0.25) is 0 Å². The number of nitrogens with zero attached hydrogens (tertiary/aromatic N) is 3. The van der Waals surface area contributed by atoms with Crippen molar-refractivity contribution in [2.24, 2.45) is 0 Å². The maximum absolute atomic E-state index is 13.3. The number of hydrogen-bond donors (Lipinski definition) is 2. The van der Waals surface area contributed by atoms with Crippen molar-refractivity contribution in [3.05, 3.63) is 47.4 Å². The highest BCUT2D eigenvalue weighted by Gasteiger charge is 2.27. The van der Waals surface area contributed by atoms with Crippen molar-refractivity contribution < 1.29 is 19.4 Å². The van der Waals surface area contributed by atoms with E-state index in [-0.39, 0.29) is 18.8 Å². The number of thiazole rings is 1. The van der Waals surface area contributed by atoms with Crippen LogP contribution < -0.4 is 0 Å². The molecule has 0 bridgehead atoms. The lowest BCUT2D eigenvalue weighted by Gasteiger charge is -2.25. The van der Waals surface area contributed by atoms with Crippen molar-refractivity contribution in [2.45, 2.75) is 25.8 Å². The molecule has 3 aromatic rings. The Morgan fingerprint density at radius 1 is 1.31 bits per heavy atom. The van der Waals surface area contributed by atoms with Gasteiger partial charge in [0.2, 0.25) is 0 Å². The monoisotopic (exact) mass is 375 g/mol. The Morgan fingerprint density at radius 3 is 2.62 bits per heavy atom. The first kappa shape index (κ1) is 18.2. The number of carbonyl (C=O) groups is 1. The number of aliphatic hydroxyl groups is 1. The molecule has 2 N–H and O–H groups in total. The summed E-state index contributed by atoms with van der Waals surface area (Å²) in [6, 6.07) is 6.01. The summed E-state index contributed by atoms with van der Waals surface area (Å²) >= 11 is 1.32. The predicted molar refractivity (Wildman–Crippen MR) is 96.5 cm³/mol. The zero-order valence-electron chi connectivity index (χ0n) is 14.3. The number of aromatic nitrogens is 3. The average Bonchev–Trinajstić information content (AvgIpc) is 3.22. The first-order chi connectivity index (χ1) is 12.3. The molecule has 0 radical (unpaired) electrons. The lowest BCUT2D eigenvalue weighted by atomic mass is 10.0. The molecule has 0 saturated carbocycles. The van der Waals surface area contributed by atoms with E-state index in [1.54, 1.807) is 28.4 Å². The zero-order chi connectivity index (χ0) is 18.9. The summed E-state index contributed by atoms with van der Waals surface area (Å²) in [4.78, 5) is 15.3. The van der Waals surface area contributed by atoms with E-state index in [2.05, 4.69) is 10.1 Å². The number of benzene rings is 1. The molecule has 0 aliphatic rings. The highest BCUT2D eigenvalue weighted by molar-refractivity contribution is 7.13. The standard InChI is InChI=1S/C18H18FN3O3S/c1-18(2,10-23)22-16(11-3-5-12(19)6-4-11)14(8-20-22)17-21-13(9-26-17)7-15(24)25/h3-6,8-9,23H,7,10H2,1-2H3,(H,24,25). The third kappa shape index (κ3) is 3.51. The molecule has 0 fully saturated rings. The smallest absolute Gasteiger partial charge is 0.309 e. The average molecular weight is 375 g/mol. The van der Waals surface area contributed by atoms with Crippen LogP contribution >= 0.6 is 11.3 Å². The van der Waals surface area contributed by atoms with Crippen LogP contribution in [0.15, 0.2) is 35.8 Å². The molecular formula is C18H18FN3O3S. The molecular weight excluding hydrogens is 357 g/mol. The van der Waals surface area contributed by atoms with E-state index in [1.165, 1.54) is 23.5 Å². The maximum Gasteiger partial charge on any atom is 0.309 e. The van der Waals surface area contributed by atoms with Crippen LogP contribution in [-0.2, 0) is 16.8 Å². The van der Waals surface area contributed by atoms with Gasteiger partial charge < -0.3 is 10.2 Å². The summed E-state index contributed by atoms with van der Waals surface area (Å²) in [5.74, 6) is -1.29. The number of aliphatic carboxylic acids is 1. The molecule has 2 aromatic heterocycles. The third-order valence-electron chi connectivity index (χ3n) is 3.96. The van der Waals surface area contributed by atoms with Gasteiger partial charge in [0.1, 0.15) is 10.8 Å². The Kier molecular flexibility index (Phi) is 4.88. The molecule has 2 heterocycles. The zero-order valence-corrected chi connectivity index (χ0v) is 15.1. The van der Waals surface area contributed by atoms with Gasteiger partial charge in [-0.05, 0) is 38.1 Å². The van der Waals surface area contributed by atoms with E-state index < -0.39 is 11.5 Å². The van der Waals surface area contributed by atoms with Gasteiger partial charge in [0.25, 0.3) is 0 Å². The summed E-state index contributed by atoms with van der Waals surface area (Å²) < 4.78 is 15.0. The van der Waals surface area contributed by atoms with Crippen LogP contribution in [0.3, 0.4) is 0 Å². The fourth-order valence-corrected chi connectivity index (χ4v) is 3.41. The van der Waals surface area contributed by atoms with Crippen molar-refractivity contribution in [1.82, 2.24) is 14.8 Å². The summed E-state index contributed by atoms with van der Waals surface area (Å²) in [5, 5.41) is 25.4. The second-order valence-corrected chi connectivity index (χ2v) is 7.37. The van der Waals surface area contributed by atoms with E-state index in [1.807, 2.05) is 13.8 Å².